The molecule has 1 fully saturated rings. The van der Waals surface area contributed by atoms with Crippen molar-refractivity contribution in [1.82, 2.24) is 15.5 Å². The van der Waals surface area contributed by atoms with Gasteiger partial charge in [-0.15, -0.1) is 0 Å². The second kappa shape index (κ2) is 8.32. The fourth-order valence-electron chi connectivity index (χ4n) is 3.82. The Hall–Kier alpha value is -3.51. The largest absolute Gasteiger partial charge is 0.356 e. The SMILES string of the molecule is NC(Cc1cccc(C(=O)NCC2CC2)n1)c1ccccc1-c1noc2ccccc12. The van der Waals surface area contributed by atoms with Gasteiger partial charge in [0.1, 0.15) is 11.4 Å². The van der Waals surface area contributed by atoms with Gasteiger partial charge in [-0.1, -0.05) is 47.6 Å². The number of nitrogens with one attached hydrogen (secondary N) is 1. The van der Waals surface area contributed by atoms with Gasteiger partial charge in [-0.3, -0.25) is 4.79 Å². The van der Waals surface area contributed by atoms with Crippen LogP contribution in [0.3, 0.4) is 0 Å². The highest BCUT2D eigenvalue weighted by molar-refractivity contribution is 5.93. The number of carbonyl (C=O) groups excluding carboxylic acids is 1. The fourth-order valence-corrected chi connectivity index (χ4v) is 3.82. The summed E-state index contributed by atoms with van der Waals surface area (Å²) in [5.74, 6) is 0.501. The van der Waals surface area contributed by atoms with Crippen molar-refractivity contribution in [2.24, 2.45) is 11.7 Å². The number of hydrogen-bond donors (Lipinski definition) is 2. The van der Waals surface area contributed by atoms with E-state index in [0.717, 1.165) is 40.0 Å². The second-order valence-corrected chi connectivity index (χ2v) is 8.09. The maximum absolute atomic E-state index is 12.4. The summed E-state index contributed by atoms with van der Waals surface area (Å²) in [5.41, 5.74) is 11.3. The van der Waals surface area contributed by atoms with Crippen LogP contribution in [0.25, 0.3) is 22.2 Å². The van der Waals surface area contributed by atoms with Gasteiger partial charge in [0.15, 0.2) is 5.58 Å². The Labute approximate surface area is 180 Å². The number of aromatic nitrogens is 2. The molecule has 0 bridgehead atoms. The normalized spacial score (nSPS) is 14.5. The number of pyridine rings is 1. The molecule has 1 amide bonds. The zero-order chi connectivity index (χ0) is 21.2. The zero-order valence-corrected chi connectivity index (χ0v) is 17.1. The third-order valence-corrected chi connectivity index (χ3v) is 5.71. The van der Waals surface area contributed by atoms with Gasteiger partial charge in [0, 0.05) is 35.7 Å². The summed E-state index contributed by atoms with van der Waals surface area (Å²) < 4.78 is 5.50. The summed E-state index contributed by atoms with van der Waals surface area (Å²) in [4.78, 5) is 16.9. The molecule has 1 saturated carbocycles. The summed E-state index contributed by atoms with van der Waals surface area (Å²) in [5, 5.41) is 8.21. The highest BCUT2D eigenvalue weighted by Crippen LogP contribution is 2.33. The molecule has 3 N–H and O–H groups in total. The molecule has 1 aliphatic carbocycles. The quantitative estimate of drug-likeness (QED) is 0.473. The maximum atomic E-state index is 12.4. The van der Waals surface area contributed by atoms with Gasteiger partial charge < -0.3 is 15.6 Å². The summed E-state index contributed by atoms with van der Waals surface area (Å²) in [7, 11) is 0. The van der Waals surface area contributed by atoms with Crippen LogP contribution in [0, 0.1) is 5.92 Å². The number of benzene rings is 2. The molecule has 4 aromatic rings. The van der Waals surface area contributed by atoms with E-state index in [4.69, 9.17) is 10.3 Å². The maximum Gasteiger partial charge on any atom is 0.269 e. The standard InChI is InChI=1S/C25H24N4O2/c26-21(14-17-6-5-10-22(28-17)25(30)27-15-16-12-13-16)18-7-1-2-8-19(18)24-20-9-3-4-11-23(20)31-29-24/h1-11,16,21H,12-15,26H2,(H,27,30). The molecule has 1 aliphatic rings. The van der Waals surface area contributed by atoms with Gasteiger partial charge in [-0.05, 0) is 48.6 Å². The number of hydrogen-bond acceptors (Lipinski definition) is 5. The monoisotopic (exact) mass is 412 g/mol. The Morgan fingerprint density at radius 3 is 2.74 bits per heavy atom. The molecule has 6 nitrogen and oxygen atoms in total. The number of rotatable bonds is 7. The van der Waals surface area contributed by atoms with Crippen LogP contribution in [0.1, 0.15) is 40.6 Å². The van der Waals surface area contributed by atoms with E-state index in [9.17, 15) is 4.79 Å². The lowest BCUT2D eigenvalue weighted by Gasteiger charge is -2.16. The third kappa shape index (κ3) is 4.20. The number of carbonyl (C=O) groups is 1. The lowest BCUT2D eigenvalue weighted by Crippen LogP contribution is -2.26. The van der Waals surface area contributed by atoms with E-state index in [1.165, 1.54) is 12.8 Å². The Morgan fingerprint density at radius 1 is 1.06 bits per heavy atom. The molecule has 1 atom stereocenters. The Morgan fingerprint density at radius 2 is 1.87 bits per heavy atom. The molecule has 156 valence electrons. The van der Waals surface area contributed by atoms with Gasteiger partial charge in [0.2, 0.25) is 0 Å². The Bertz CT molecular complexity index is 1230. The van der Waals surface area contributed by atoms with Gasteiger partial charge in [0.05, 0.1) is 0 Å². The summed E-state index contributed by atoms with van der Waals surface area (Å²) in [6.45, 7) is 0.725. The number of nitrogens with two attached hydrogens (primary N) is 1. The topological polar surface area (TPSA) is 94.0 Å². The van der Waals surface area contributed by atoms with Gasteiger partial charge in [-0.2, -0.15) is 0 Å². The number of fused-ring (bicyclic) bond motifs is 1. The lowest BCUT2D eigenvalue weighted by atomic mass is 9.94. The minimum Gasteiger partial charge on any atom is -0.356 e. The molecule has 2 aromatic heterocycles. The fraction of sp³-hybridized carbons (Fsp3) is 0.240. The highest BCUT2D eigenvalue weighted by Gasteiger charge is 2.22. The van der Waals surface area contributed by atoms with Crippen LogP contribution in [-0.4, -0.2) is 22.6 Å². The van der Waals surface area contributed by atoms with Crippen molar-refractivity contribution in [2.75, 3.05) is 6.54 Å². The molecule has 2 heterocycles. The van der Waals surface area contributed by atoms with Crippen molar-refractivity contribution < 1.29 is 9.32 Å². The molecule has 0 aliphatic heterocycles. The van der Waals surface area contributed by atoms with Crippen molar-refractivity contribution in [2.45, 2.75) is 25.3 Å². The number of para-hydroxylation sites is 1. The first-order valence-electron chi connectivity index (χ1n) is 10.6. The van der Waals surface area contributed by atoms with Crippen molar-refractivity contribution >= 4 is 16.9 Å². The van der Waals surface area contributed by atoms with Crippen LogP contribution < -0.4 is 11.1 Å². The minimum absolute atomic E-state index is 0.128. The smallest absolute Gasteiger partial charge is 0.269 e. The van der Waals surface area contributed by atoms with Crippen LogP contribution in [0.2, 0.25) is 0 Å². The highest BCUT2D eigenvalue weighted by atomic mass is 16.5. The van der Waals surface area contributed by atoms with Gasteiger partial charge in [-0.25, -0.2) is 4.98 Å². The van der Waals surface area contributed by atoms with Gasteiger partial charge >= 0.3 is 0 Å². The molecular formula is C25H24N4O2. The van der Waals surface area contributed by atoms with Crippen LogP contribution >= 0.6 is 0 Å². The number of amides is 1. The van der Waals surface area contributed by atoms with E-state index < -0.39 is 0 Å². The van der Waals surface area contributed by atoms with Crippen LogP contribution in [0.15, 0.2) is 71.3 Å². The van der Waals surface area contributed by atoms with E-state index >= 15 is 0 Å². The summed E-state index contributed by atoms with van der Waals surface area (Å²) >= 11 is 0. The third-order valence-electron chi connectivity index (χ3n) is 5.71. The van der Waals surface area contributed by atoms with E-state index in [0.29, 0.717) is 18.0 Å². The zero-order valence-electron chi connectivity index (χ0n) is 17.1. The van der Waals surface area contributed by atoms with Crippen molar-refractivity contribution in [3.8, 4) is 11.3 Å². The predicted molar refractivity (Wildman–Crippen MR) is 119 cm³/mol. The van der Waals surface area contributed by atoms with Crippen molar-refractivity contribution in [3.05, 3.63) is 83.7 Å². The predicted octanol–water partition coefficient (Wildman–Crippen LogP) is 4.27. The first kappa shape index (κ1) is 19.5. The van der Waals surface area contributed by atoms with Crippen LogP contribution in [0.5, 0.6) is 0 Å². The van der Waals surface area contributed by atoms with E-state index in [1.54, 1.807) is 6.07 Å². The second-order valence-electron chi connectivity index (χ2n) is 8.09. The Kier molecular flexibility index (Phi) is 5.22. The molecule has 6 heteroatoms. The average molecular weight is 412 g/mol. The first-order valence-corrected chi connectivity index (χ1v) is 10.6. The average Bonchev–Trinajstić information content (AvgIpc) is 3.54. The van der Waals surface area contributed by atoms with Crippen LogP contribution in [-0.2, 0) is 6.42 Å². The van der Waals surface area contributed by atoms with E-state index in [-0.39, 0.29) is 11.9 Å². The molecular weight excluding hydrogens is 388 g/mol. The van der Waals surface area contributed by atoms with E-state index in [2.05, 4.69) is 15.5 Å². The molecule has 1 unspecified atom stereocenters. The van der Waals surface area contributed by atoms with Gasteiger partial charge in [0.25, 0.3) is 5.91 Å². The molecule has 0 radical (unpaired) electrons. The first-order chi connectivity index (χ1) is 15.2. The summed E-state index contributed by atoms with van der Waals surface area (Å²) in [6.07, 6.45) is 2.90. The van der Waals surface area contributed by atoms with E-state index in [1.807, 2.05) is 60.7 Å². The minimum atomic E-state index is -0.302. The molecule has 0 spiro atoms. The molecule has 5 rings (SSSR count). The lowest BCUT2D eigenvalue weighted by molar-refractivity contribution is 0.0946. The van der Waals surface area contributed by atoms with Crippen molar-refractivity contribution in [3.63, 3.8) is 0 Å². The van der Waals surface area contributed by atoms with Crippen molar-refractivity contribution in [1.29, 1.82) is 0 Å². The molecule has 0 saturated heterocycles. The van der Waals surface area contributed by atoms with Crippen LogP contribution in [0.4, 0.5) is 0 Å². The molecule has 2 aromatic carbocycles. The number of nitrogens with zero attached hydrogens (tertiary/aromatic N) is 2. The summed E-state index contributed by atoms with van der Waals surface area (Å²) in [6, 6.07) is 21.0. The molecule has 31 heavy (non-hydrogen) atoms. The Balaban J connectivity index is 1.38.